The van der Waals surface area contributed by atoms with Crippen molar-refractivity contribution in [2.24, 2.45) is 0 Å². The van der Waals surface area contributed by atoms with E-state index >= 15 is 0 Å². The molecule has 0 radical (unpaired) electrons. The minimum atomic E-state index is -0.377. The summed E-state index contributed by atoms with van der Waals surface area (Å²) in [5, 5.41) is 2.53. The maximum atomic E-state index is 11.8. The van der Waals surface area contributed by atoms with Crippen molar-refractivity contribution in [1.82, 2.24) is 4.98 Å². The van der Waals surface area contributed by atoms with Gasteiger partial charge in [0.2, 0.25) is 5.91 Å². The first-order chi connectivity index (χ1) is 10.6. The van der Waals surface area contributed by atoms with E-state index in [2.05, 4.69) is 26.2 Å². The van der Waals surface area contributed by atoms with Gasteiger partial charge in [0.25, 0.3) is 5.56 Å². The van der Waals surface area contributed by atoms with Crippen molar-refractivity contribution >= 4 is 33.6 Å². The second-order valence-electron chi connectivity index (χ2n) is 4.39. The van der Waals surface area contributed by atoms with Crippen molar-refractivity contribution in [3.05, 3.63) is 63.0 Å². The van der Waals surface area contributed by atoms with Gasteiger partial charge in [0, 0.05) is 16.7 Å². The Labute approximate surface area is 136 Å². The highest BCUT2D eigenvalue weighted by Crippen LogP contribution is 2.13. The number of carbonyl (C=O) groups is 1. The fourth-order valence-electron chi connectivity index (χ4n) is 1.74. The summed E-state index contributed by atoms with van der Waals surface area (Å²) >= 11 is 3.23. The highest BCUT2D eigenvalue weighted by Gasteiger charge is 2.03. The van der Waals surface area contributed by atoms with Gasteiger partial charge in [0.1, 0.15) is 11.4 Å². The number of aromatic nitrogens is 1. The summed E-state index contributed by atoms with van der Waals surface area (Å²) in [5.74, 6) is 0.405. The number of hydrogen-bond acceptors (Lipinski definition) is 3. The number of benzene rings is 1. The summed E-state index contributed by atoms with van der Waals surface area (Å²) in [5.41, 5.74) is 0.698. The Kier molecular flexibility index (Phi) is 5.55. The van der Waals surface area contributed by atoms with Crippen molar-refractivity contribution in [3.8, 4) is 5.75 Å². The van der Waals surface area contributed by atoms with Crippen LogP contribution in [-0.4, -0.2) is 17.5 Å². The van der Waals surface area contributed by atoms with Crippen LogP contribution in [-0.2, 0) is 4.79 Å². The number of carbonyl (C=O) groups excluding carboxylic acids is 1. The lowest BCUT2D eigenvalue weighted by atomic mass is 10.2. The van der Waals surface area contributed by atoms with Crippen molar-refractivity contribution in [2.45, 2.75) is 6.92 Å². The molecule has 0 unspecified atom stereocenters. The molecule has 1 aromatic heterocycles. The van der Waals surface area contributed by atoms with E-state index in [1.807, 2.05) is 31.2 Å². The molecule has 5 nitrogen and oxygen atoms in total. The normalized spacial score (nSPS) is 10.6. The van der Waals surface area contributed by atoms with Crippen LogP contribution >= 0.6 is 15.9 Å². The maximum Gasteiger partial charge on any atom is 0.271 e. The van der Waals surface area contributed by atoms with Gasteiger partial charge in [-0.2, -0.15) is 0 Å². The van der Waals surface area contributed by atoms with Crippen LogP contribution in [0.15, 0.2) is 51.9 Å². The predicted octanol–water partition coefficient (Wildman–Crippen LogP) is 3.19. The minimum Gasteiger partial charge on any atom is -0.494 e. The minimum absolute atomic E-state index is 0.190. The highest BCUT2D eigenvalue weighted by molar-refractivity contribution is 9.10. The van der Waals surface area contributed by atoms with Crippen LogP contribution < -0.4 is 15.6 Å². The molecule has 0 fully saturated rings. The fourth-order valence-corrected chi connectivity index (χ4v) is 2.08. The van der Waals surface area contributed by atoms with E-state index in [1.54, 1.807) is 12.1 Å². The van der Waals surface area contributed by atoms with Gasteiger partial charge < -0.3 is 15.0 Å². The Morgan fingerprint density at radius 3 is 2.77 bits per heavy atom. The van der Waals surface area contributed by atoms with E-state index in [0.29, 0.717) is 11.1 Å². The maximum absolute atomic E-state index is 11.8. The molecule has 0 saturated carbocycles. The molecule has 0 spiro atoms. The number of aromatic amines is 1. The van der Waals surface area contributed by atoms with Gasteiger partial charge in [-0.3, -0.25) is 9.59 Å². The summed E-state index contributed by atoms with van der Waals surface area (Å²) < 4.78 is 6.02. The summed E-state index contributed by atoms with van der Waals surface area (Å²) in [6, 6.07) is 8.91. The van der Waals surface area contributed by atoms with Gasteiger partial charge in [0.05, 0.1) is 6.61 Å². The number of H-pyrrole nitrogens is 1. The third-order valence-electron chi connectivity index (χ3n) is 2.74. The number of amides is 1. The van der Waals surface area contributed by atoms with E-state index < -0.39 is 0 Å². The smallest absolute Gasteiger partial charge is 0.271 e. The average molecular weight is 363 g/mol. The average Bonchev–Trinajstić information content (AvgIpc) is 2.51. The number of anilines is 1. The zero-order valence-corrected chi connectivity index (χ0v) is 13.5. The van der Waals surface area contributed by atoms with Crippen LogP contribution in [0.1, 0.15) is 12.5 Å². The summed E-state index contributed by atoms with van der Waals surface area (Å²) in [6.45, 7) is 2.53. The third-order valence-corrected chi connectivity index (χ3v) is 3.20. The molecular weight excluding hydrogens is 348 g/mol. The topological polar surface area (TPSA) is 71.2 Å². The molecule has 0 atom stereocenters. The van der Waals surface area contributed by atoms with Crippen LogP contribution in [0.4, 0.5) is 5.69 Å². The third kappa shape index (κ3) is 4.60. The van der Waals surface area contributed by atoms with Crippen LogP contribution in [0.5, 0.6) is 5.75 Å². The van der Waals surface area contributed by atoms with Crippen LogP contribution in [0, 0.1) is 0 Å². The summed E-state index contributed by atoms with van der Waals surface area (Å²) in [7, 11) is 0. The SMILES string of the molecule is CCOc1ccc(/C=C/C(=O)Nc2cc(Br)c[nH]c2=O)cc1. The predicted molar refractivity (Wildman–Crippen MR) is 90.0 cm³/mol. The van der Waals surface area contributed by atoms with E-state index in [9.17, 15) is 9.59 Å². The first-order valence-corrected chi connectivity index (χ1v) is 7.48. The van der Waals surface area contributed by atoms with Crippen molar-refractivity contribution in [2.75, 3.05) is 11.9 Å². The number of ether oxygens (including phenoxy) is 1. The molecular formula is C16H15BrN2O3. The van der Waals surface area contributed by atoms with E-state index in [4.69, 9.17) is 4.74 Å². The molecule has 0 aliphatic rings. The molecule has 114 valence electrons. The molecule has 0 saturated heterocycles. The monoisotopic (exact) mass is 362 g/mol. The zero-order chi connectivity index (χ0) is 15.9. The molecule has 6 heteroatoms. The first-order valence-electron chi connectivity index (χ1n) is 6.68. The number of pyridine rings is 1. The lowest BCUT2D eigenvalue weighted by Crippen LogP contribution is -2.17. The van der Waals surface area contributed by atoms with Crippen LogP contribution in [0.3, 0.4) is 0 Å². The summed E-state index contributed by atoms with van der Waals surface area (Å²) in [4.78, 5) is 25.9. The van der Waals surface area contributed by atoms with Gasteiger partial charge in [-0.05, 0) is 52.7 Å². The Hall–Kier alpha value is -2.34. The molecule has 1 heterocycles. The van der Waals surface area contributed by atoms with Crippen molar-refractivity contribution < 1.29 is 9.53 Å². The second kappa shape index (κ2) is 7.61. The van der Waals surface area contributed by atoms with Crippen LogP contribution in [0.2, 0.25) is 0 Å². The summed E-state index contributed by atoms with van der Waals surface area (Å²) in [6.07, 6.45) is 4.54. The largest absolute Gasteiger partial charge is 0.494 e. The van der Waals surface area contributed by atoms with Gasteiger partial charge in [0.15, 0.2) is 0 Å². The molecule has 2 N–H and O–H groups in total. The quantitative estimate of drug-likeness (QED) is 0.802. The molecule has 2 aromatic rings. The Morgan fingerprint density at radius 2 is 2.09 bits per heavy atom. The highest BCUT2D eigenvalue weighted by atomic mass is 79.9. The van der Waals surface area contributed by atoms with Gasteiger partial charge in [-0.25, -0.2) is 0 Å². The number of hydrogen-bond donors (Lipinski definition) is 2. The van der Waals surface area contributed by atoms with Crippen molar-refractivity contribution in [1.29, 1.82) is 0 Å². The Morgan fingerprint density at radius 1 is 1.36 bits per heavy atom. The van der Waals surface area contributed by atoms with E-state index in [1.165, 1.54) is 12.3 Å². The van der Waals surface area contributed by atoms with Crippen LogP contribution in [0.25, 0.3) is 6.08 Å². The zero-order valence-electron chi connectivity index (χ0n) is 11.9. The molecule has 22 heavy (non-hydrogen) atoms. The van der Waals surface area contributed by atoms with E-state index in [-0.39, 0.29) is 17.2 Å². The van der Waals surface area contributed by atoms with E-state index in [0.717, 1.165) is 11.3 Å². The molecule has 2 rings (SSSR count). The molecule has 0 aliphatic carbocycles. The Balaban J connectivity index is 2.02. The standard InChI is InChI=1S/C16H15BrN2O3/c1-2-22-13-6-3-11(4-7-13)5-8-15(20)19-14-9-12(17)10-18-16(14)21/h3-10H,2H2,1H3,(H,18,21)(H,19,20)/b8-5+. The van der Waals surface area contributed by atoms with Gasteiger partial charge >= 0.3 is 0 Å². The Bertz CT molecular complexity index is 736. The molecule has 1 aromatic carbocycles. The molecule has 0 aliphatic heterocycles. The lowest BCUT2D eigenvalue weighted by Gasteiger charge is -2.03. The van der Waals surface area contributed by atoms with Gasteiger partial charge in [-0.1, -0.05) is 12.1 Å². The second-order valence-corrected chi connectivity index (χ2v) is 5.30. The molecule has 0 bridgehead atoms. The number of rotatable bonds is 5. The number of halogens is 1. The molecule has 1 amide bonds. The van der Waals surface area contributed by atoms with Crippen molar-refractivity contribution in [3.63, 3.8) is 0 Å². The lowest BCUT2D eigenvalue weighted by molar-refractivity contribution is -0.111. The first kappa shape index (κ1) is 16.0. The fraction of sp³-hybridized carbons (Fsp3) is 0.125. The number of nitrogens with one attached hydrogen (secondary N) is 2. The van der Waals surface area contributed by atoms with Gasteiger partial charge in [-0.15, -0.1) is 0 Å².